The van der Waals surface area contributed by atoms with Crippen molar-refractivity contribution in [3.63, 3.8) is 0 Å². The van der Waals surface area contributed by atoms with Crippen LogP contribution in [-0.4, -0.2) is 11.1 Å². The molecule has 0 aliphatic heterocycles. The molecule has 1 atom stereocenters. The van der Waals surface area contributed by atoms with E-state index in [1.807, 2.05) is 30.3 Å². The summed E-state index contributed by atoms with van der Waals surface area (Å²) in [6.45, 7) is 0. The van der Waals surface area contributed by atoms with E-state index in [-0.39, 0.29) is 0 Å². The lowest BCUT2D eigenvalue weighted by atomic mass is 9.94. The van der Waals surface area contributed by atoms with Crippen LogP contribution in [0.25, 0.3) is 0 Å². The molecule has 1 rings (SSSR count). The van der Waals surface area contributed by atoms with Crippen LogP contribution in [0.5, 0.6) is 0 Å². The predicted octanol–water partition coefficient (Wildman–Crippen LogP) is 3.15. The van der Waals surface area contributed by atoms with Gasteiger partial charge in [0, 0.05) is 9.99 Å². The zero-order valence-electron chi connectivity index (χ0n) is 8.69. The van der Waals surface area contributed by atoms with Crippen LogP contribution in [0.4, 0.5) is 0 Å². The molecule has 0 aliphatic carbocycles. The summed E-state index contributed by atoms with van der Waals surface area (Å²) in [6, 6.07) is 9.53. The van der Waals surface area contributed by atoms with E-state index in [0.29, 0.717) is 19.3 Å². The molecule has 16 heavy (non-hydrogen) atoms. The Labute approximate surface area is 108 Å². The Kier molecular flexibility index (Phi) is 5.26. The molecule has 0 heterocycles. The fourth-order valence-electron chi connectivity index (χ4n) is 1.54. The van der Waals surface area contributed by atoms with Gasteiger partial charge in [0.05, 0.1) is 12.0 Å². The number of halogens is 1. The Hall–Kier alpha value is -1.09. The number of nitrogens with zero attached hydrogens (tertiary/aromatic N) is 1. The first kappa shape index (κ1) is 13.0. The standard InChI is InChI=1S/C12H12INO2/c13-10-5-3-4-9(8-10)11(12(15)16)6-1-2-7-14/h3-5,8,11H,1-2,6H2,(H,15,16). The summed E-state index contributed by atoms with van der Waals surface area (Å²) < 4.78 is 1.03. The van der Waals surface area contributed by atoms with Crippen LogP contribution >= 0.6 is 22.6 Å². The third-order valence-corrected chi connectivity index (χ3v) is 3.00. The fraction of sp³-hybridized carbons (Fsp3) is 0.333. The minimum Gasteiger partial charge on any atom is -0.481 e. The van der Waals surface area contributed by atoms with Gasteiger partial charge in [0.25, 0.3) is 0 Å². The maximum absolute atomic E-state index is 11.1. The van der Waals surface area contributed by atoms with Crippen LogP contribution in [0.1, 0.15) is 30.7 Å². The average molecular weight is 329 g/mol. The highest BCUT2D eigenvalue weighted by Gasteiger charge is 2.19. The van der Waals surface area contributed by atoms with E-state index in [2.05, 4.69) is 22.6 Å². The van der Waals surface area contributed by atoms with Gasteiger partial charge in [-0.25, -0.2) is 0 Å². The summed E-state index contributed by atoms with van der Waals surface area (Å²) in [7, 11) is 0. The molecule has 4 heteroatoms. The number of unbranched alkanes of at least 4 members (excludes halogenated alkanes) is 1. The van der Waals surface area contributed by atoms with Gasteiger partial charge in [-0.1, -0.05) is 12.1 Å². The molecule has 0 spiro atoms. The van der Waals surface area contributed by atoms with Crippen molar-refractivity contribution in [3.05, 3.63) is 33.4 Å². The van der Waals surface area contributed by atoms with Gasteiger partial charge in [-0.3, -0.25) is 4.79 Å². The summed E-state index contributed by atoms with van der Waals surface area (Å²) in [4.78, 5) is 11.1. The highest BCUT2D eigenvalue weighted by atomic mass is 127. The zero-order chi connectivity index (χ0) is 12.0. The van der Waals surface area contributed by atoms with Crippen LogP contribution in [0.15, 0.2) is 24.3 Å². The Balaban J connectivity index is 2.78. The van der Waals surface area contributed by atoms with Crippen molar-refractivity contribution < 1.29 is 9.90 Å². The minimum absolute atomic E-state index is 0.410. The number of carboxylic acids is 1. The van der Waals surface area contributed by atoms with Crippen molar-refractivity contribution in [1.82, 2.24) is 0 Å². The van der Waals surface area contributed by atoms with Crippen LogP contribution in [0, 0.1) is 14.9 Å². The van der Waals surface area contributed by atoms with Crippen molar-refractivity contribution in [2.24, 2.45) is 0 Å². The first-order valence-electron chi connectivity index (χ1n) is 5.00. The molecule has 0 aromatic heterocycles. The number of carbonyl (C=O) groups is 1. The van der Waals surface area contributed by atoms with Crippen molar-refractivity contribution in [2.75, 3.05) is 0 Å². The van der Waals surface area contributed by atoms with E-state index in [1.165, 1.54) is 0 Å². The van der Waals surface area contributed by atoms with Gasteiger partial charge >= 0.3 is 5.97 Å². The molecule has 1 aromatic rings. The Bertz CT molecular complexity index is 412. The van der Waals surface area contributed by atoms with Gasteiger partial charge in [-0.2, -0.15) is 5.26 Å². The van der Waals surface area contributed by atoms with Crippen LogP contribution in [0.2, 0.25) is 0 Å². The smallest absolute Gasteiger partial charge is 0.310 e. The van der Waals surface area contributed by atoms with Gasteiger partial charge in [-0.05, 0) is 53.1 Å². The second kappa shape index (κ2) is 6.48. The van der Waals surface area contributed by atoms with Gasteiger partial charge in [0.1, 0.15) is 0 Å². The molecule has 0 aliphatic rings. The molecule has 1 unspecified atom stereocenters. The fourth-order valence-corrected chi connectivity index (χ4v) is 2.11. The first-order chi connectivity index (χ1) is 7.65. The maximum Gasteiger partial charge on any atom is 0.310 e. The van der Waals surface area contributed by atoms with Gasteiger partial charge in [0.15, 0.2) is 0 Å². The molecule has 1 N–H and O–H groups in total. The molecule has 0 saturated heterocycles. The third-order valence-electron chi connectivity index (χ3n) is 2.33. The van der Waals surface area contributed by atoms with E-state index in [0.717, 1.165) is 9.13 Å². The van der Waals surface area contributed by atoms with Crippen LogP contribution in [-0.2, 0) is 4.79 Å². The number of hydrogen-bond donors (Lipinski definition) is 1. The van der Waals surface area contributed by atoms with Crippen LogP contribution in [0.3, 0.4) is 0 Å². The Morgan fingerprint density at radius 3 is 2.88 bits per heavy atom. The molecular weight excluding hydrogens is 317 g/mol. The highest BCUT2D eigenvalue weighted by Crippen LogP contribution is 2.23. The molecule has 3 nitrogen and oxygen atoms in total. The topological polar surface area (TPSA) is 61.1 Å². The second-order valence-corrected chi connectivity index (χ2v) is 4.74. The lowest BCUT2D eigenvalue weighted by Crippen LogP contribution is -2.11. The Morgan fingerprint density at radius 2 is 2.31 bits per heavy atom. The molecular formula is C12H12INO2. The monoisotopic (exact) mass is 329 g/mol. The van der Waals surface area contributed by atoms with Gasteiger partial charge < -0.3 is 5.11 Å². The summed E-state index contributed by atoms with van der Waals surface area (Å²) in [6.07, 6.45) is 1.55. The van der Waals surface area contributed by atoms with E-state index in [9.17, 15) is 4.79 Å². The number of benzene rings is 1. The summed E-state index contributed by atoms with van der Waals surface area (Å²) in [5.41, 5.74) is 0.817. The number of carboxylic acid groups (broad SMARTS) is 1. The zero-order valence-corrected chi connectivity index (χ0v) is 10.8. The van der Waals surface area contributed by atoms with E-state index < -0.39 is 11.9 Å². The maximum atomic E-state index is 11.1. The lowest BCUT2D eigenvalue weighted by molar-refractivity contribution is -0.139. The molecule has 0 bridgehead atoms. The summed E-state index contributed by atoms with van der Waals surface area (Å²) in [5, 5.41) is 17.6. The highest BCUT2D eigenvalue weighted by molar-refractivity contribution is 14.1. The molecule has 1 aromatic carbocycles. The summed E-state index contributed by atoms with van der Waals surface area (Å²) in [5.74, 6) is -1.32. The van der Waals surface area contributed by atoms with Crippen LogP contribution < -0.4 is 0 Å². The number of aliphatic carboxylic acids is 1. The van der Waals surface area contributed by atoms with Gasteiger partial charge in [-0.15, -0.1) is 0 Å². The van der Waals surface area contributed by atoms with Crippen molar-refractivity contribution in [3.8, 4) is 6.07 Å². The largest absolute Gasteiger partial charge is 0.481 e. The lowest BCUT2D eigenvalue weighted by Gasteiger charge is -2.11. The minimum atomic E-state index is -0.820. The predicted molar refractivity (Wildman–Crippen MR) is 69.0 cm³/mol. The molecule has 0 saturated carbocycles. The molecule has 84 valence electrons. The van der Waals surface area contributed by atoms with Crippen molar-refractivity contribution >= 4 is 28.6 Å². The van der Waals surface area contributed by atoms with Crippen molar-refractivity contribution in [2.45, 2.75) is 25.2 Å². The molecule has 0 fully saturated rings. The molecule has 0 amide bonds. The average Bonchev–Trinajstić information content (AvgIpc) is 2.24. The number of rotatable bonds is 5. The van der Waals surface area contributed by atoms with E-state index >= 15 is 0 Å². The van der Waals surface area contributed by atoms with E-state index in [1.54, 1.807) is 0 Å². The SMILES string of the molecule is N#CCCCC(C(=O)O)c1cccc(I)c1. The molecule has 0 radical (unpaired) electrons. The quantitative estimate of drug-likeness (QED) is 0.667. The second-order valence-electron chi connectivity index (χ2n) is 3.50. The Morgan fingerprint density at radius 1 is 1.56 bits per heavy atom. The number of hydrogen-bond acceptors (Lipinski definition) is 2. The van der Waals surface area contributed by atoms with Crippen molar-refractivity contribution in [1.29, 1.82) is 5.26 Å². The normalized spacial score (nSPS) is 11.8. The van der Waals surface area contributed by atoms with E-state index in [4.69, 9.17) is 10.4 Å². The summed E-state index contributed by atoms with van der Waals surface area (Å²) >= 11 is 2.16. The number of nitriles is 1. The van der Waals surface area contributed by atoms with Gasteiger partial charge in [0.2, 0.25) is 0 Å². The third kappa shape index (κ3) is 3.81. The first-order valence-corrected chi connectivity index (χ1v) is 6.08.